The van der Waals surface area contributed by atoms with E-state index in [1.54, 1.807) is 23.9 Å². The predicted molar refractivity (Wildman–Crippen MR) is 91.5 cm³/mol. The summed E-state index contributed by atoms with van der Waals surface area (Å²) in [5, 5.41) is 14.4. The van der Waals surface area contributed by atoms with E-state index >= 15 is 0 Å². The van der Waals surface area contributed by atoms with Crippen LogP contribution in [0.25, 0.3) is 10.9 Å². The van der Waals surface area contributed by atoms with Crippen LogP contribution >= 0.6 is 0 Å². The van der Waals surface area contributed by atoms with Gasteiger partial charge < -0.3 is 15.0 Å². The summed E-state index contributed by atoms with van der Waals surface area (Å²) in [6.45, 7) is 0.170. The molecule has 2 unspecified atom stereocenters. The summed E-state index contributed by atoms with van der Waals surface area (Å²) in [4.78, 5) is 0. The third-order valence-electron chi connectivity index (χ3n) is 4.29. The molecular formula is C19H19F3N2O. The second-order valence-electron chi connectivity index (χ2n) is 5.94. The number of aliphatic hydroxyl groups is 1. The molecule has 0 aliphatic heterocycles. The van der Waals surface area contributed by atoms with Crippen LogP contribution in [0, 0.1) is 0 Å². The molecular weight excluding hydrogens is 329 g/mol. The molecule has 3 rings (SSSR count). The first-order valence-corrected chi connectivity index (χ1v) is 7.98. The Bertz CT molecular complexity index is 857. The fraction of sp³-hybridized carbons (Fsp3) is 0.263. The van der Waals surface area contributed by atoms with Gasteiger partial charge in [0.15, 0.2) is 0 Å². The van der Waals surface area contributed by atoms with Gasteiger partial charge in [0.25, 0.3) is 0 Å². The lowest BCUT2D eigenvalue weighted by Crippen LogP contribution is -2.34. The Morgan fingerprint density at radius 2 is 1.72 bits per heavy atom. The monoisotopic (exact) mass is 348 g/mol. The summed E-state index contributed by atoms with van der Waals surface area (Å²) in [6.07, 6.45) is -3.79. The van der Waals surface area contributed by atoms with E-state index in [-0.39, 0.29) is 12.1 Å². The third-order valence-corrected chi connectivity index (χ3v) is 4.29. The van der Waals surface area contributed by atoms with Gasteiger partial charge in [0.2, 0.25) is 0 Å². The maximum atomic E-state index is 13.5. The molecule has 0 radical (unpaired) electrons. The zero-order valence-corrected chi connectivity index (χ0v) is 13.7. The fourth-order valence-corrected chi connectivity index (χ4v) is 3.22. The number of nitrogens with one attached hydrogen (secondary N) is 1. The first-order chi connectivity index (χ1) is 11.9. The zero-order valence-electron chi connectivity index (χ0n) is 13.7. The molecule has 0 bridgehead atoms. The predicted octanol–water partition coefficient (Wildman–Crippen LogP) is 3.83. The molecule has 25 heavy (non-hydrogen) atoms. The molecule has 2 aromatic carbocycles. The molecule has 2 atom stereocenters. The Morgan fingerprint density at radius 1 is 1.04 bits per heavy atom. The van der Waals surface area contributed by atoms with Gasteiger partial charge in [-0.2, -0.15) is 13.2 Å². The molecule has 2 N–H and O–H groups in total. The van der Waals surface area contributed by atoms with E-state index in [0.29, 0.717) is 0 Å². The van der Waals surface area contributed by atoms with Crippen LogP contribution < -0.4 is 5.32 Å². The summed E-state index contributed by atoms with van der Waals surface area (Å²) in [5.41, 5.74) is 0.103. The number of rotatable bonds is 5. The lowest BCUT2D eigenvalue weighted by molar-refractivity contribution is -0.138. The molecule has 0 aliphatic rings. The fourth-order valence-electron chi connectivity index (χ4n) is 3.22. The average Bonchev–Trinajstić information content (AvgIpc) is 2.99. The number of hydrogen-bond donors (Lipinski definition) is 2. The highest BCUT2D eigenvalue weighted by Crippen LogP contribution is 2.38. The minimum absolute atomic E-state index is 0.0547. The van der Waals surface area contributed by atoms with Crippen molar-refractivity contribution in [2.45, 2.75) is 18.3 Å². The molecule has 0 spiro atoms. The maximum Gasteiger partial charge on any atom is 0.416 e. The van der Waals surface area contributed by atoms with Crippen LogP contribution in [-0.4, -0.2) is 29.4 Å². The van der Waals surface area contributed by atoms with Gasteiger partial charge in [0.05, 0.1) is 17.7 Å². The topological polar surface area (TPSA) is 37.2 Å². The summed E-state index contributed by atoms with van der Waals surface area (Å²) in [7, 11) is 1.66. The van der Waals surface area contributed by atoms with Crippen LogP contribution in [0.15, 0.2) is 60.8 Å². The normalized spacial score (nSPS) is 14.6. The first kappa shape index (κ1) is 17.5. The third kappa shape index (κ3) is 3.41. The largest absolute Gasteiger partial charge is 0.416 e. The van der Waals surface area contributed by atoms with Crippen molar-refractivity contribution >= 4 is 10.9 Å². The maximum absolute atomic E-state index is 13.5. The van der Waals surface area contributed by atoms with Crippen LogP contribution in [0.2, 0.25) is 0 Å². The number of halogens is 3. The number of fused-ring (bicyclic) bond motifs is 1. The number of likely N-dealkylation sites (N-methyl/N-ethyl adjacent to an activating group) is 1. The average molecular weight is 348 g/mol. The van der Waals surface area contributed by atoms with Gasteiger partial charge in [-0.25, -0.2) is 0 Å². The highest BCUT2D eigenvalue weighted by Gasteiger charge is 2.37. The minimum atomic E-state index is -4.49. The van der Waals surface area contributed by atoms with Crippen LogP contribution in [0.4, 0.5) is 13.2 Å². The Hall–Kier alpha value is -2.31. The van der Waals surface area contributed by atoms with Crippen molar-refractivity contribution in [2.24, 2.45) is 0 Å². The molecule has 3 aromatic rings. The van der Waals surface area contributed by atoms with Crippen molar-refractivity contribution in [3.63, 3.8) is 0 Å². The van der Waals surface area contributed by atoms with E-state index in [1.807, 2.05) is 30.3 Å². The van der Waals surface area contributed by atoms with Crippen molar-refractivity contribution in [1.82, 2.24) is 9.88 Å². The summed E-state index contributed by atoms with van der Waals surface area (Å²) in [6, 6.07) is 13.8. The van der Waals surface area contributed by atoms with E-state index in [2.05, 4.69) is 5.32 Å². The molecule has 1 heterocycles. The Balaban J connectivity index is 2.21. The van der Waals surface area contributed by atoms with Crippen molar-refractivity contribution in [3.05, 3.63) is 71.9 Å². The molecule has 0 amide bonds. The lowest BCUT2D eigenvalue weighted by Gasteiger charge is -2.28. The van der Waals surface area contributed by atoms with E-state index in [0.717, 1.165) is 17.0 Å². The van der Waals surface area contributed by atoms with Crippen molar-refractivity contribution in [1.29, 1.82) is 0 Å². The molecule has 6 heteroatoms. The zero-order chi connectivity index (χ0) is 18.0. The van der Waals surface area contributed by atoms with E-state index in [4.69, 9.17) is 0 Å². The Labute approximate surface area is 143 Å². The highest BCUT2D eigenvalue weighted by molar-refractivity contribution is 5.80. The number of benzene rings is 2. The smallest absolute Gasteiger partial charge is 0.389 e. The van der Waals surface area contributed by atoms with Gasteiger partial charge in [-0.1, -0.05) is 36.4 Å². The number of aliphatic hydroxyl groups excluding tert-OH is 1. The molecule has 3 nitrogen and oxygen atoms in total. The number of nitrogens with zero attached hydrogens (tertiary/aromatic N) is 1. The lowest BCUT2D eigenvalue weighted by atomic mass is 9.95. The quantitative estimate of drug-likeness (QED) is 0.735. The van der Waals surface area contributed by atoms with Crippen LogP contribution in [0.1, 0.15) is 17.2 Å². The van der Waals surface area contributed by atoms with Crippen molar-refractivity contribution in [2.75, 3.05) is 13.6 Å². The standard InChI is InChI=1S/C19H19F3N2O/c1-23-12-17(25)18(14-7-3-4-8-15(14)19(20,21)22)24-11-10-13-6-2-5-9-16(13)24/h2-11,17-18,23,25H,12H2,1H3. The van der Waals surface area contributed by atoms with E-state index in [9.17, 15) is 18.3 Å². The molecule has 132 valence electrons. The SMILES string of the molecule is CNCC(O)C(c1ccccc1C(F)(F)F)n1ccc2ccccc21. The molecule has 0 aliphatic carbocycles. The van der Waals surface area contributed by atoms with Crippen LogP contribution in [0.5, 0.6) is 0 Å². The van der Waals surface area contributed by atoms with Gasteiger partial charge in [-0.05, 0) is 36.2 Å². The van der Waals surface area contributed by atoms with Gasteiger partial charge in [0, 0.05) is 18.3 Å². The van der Waals surface area contributed by atoms with Gasteiger partial charge in [-0.15, -0.1) is 0 Å². The van der Waals surface area contributed by atoms with E-state index in [1.165, 1.54) is 12.1 Å². The van der Waals surface area contributed by atoms with Crippen LogP contribution in [0.3, 0.4) is 0 Å². The highest BCUT2D eigenvalue weighted by atomic mass is 19.4. The van der Waals surface area contributed by atoms with Gasteiger partial charge >= 0.3 is 6.18 Å². The summed E-state index contributed by atoms with van der Waals surface area (Å²) >= 11 is 0. The minimum Gasteiger partial charge on any atom is -0.389 e. The summed E-state index contributed by atoms with van der Waals surface area (Å²) < 4.78 is 42.2. The second kappa shape index (κ2) is 6.90. The number of hydrogen-bond acceptors (Lipinski definition) is 2. The van der Waals surface area contributed by atoms with Gasteiger partial charge in [0.1, 0.15) is 0 Å². The Morgan fingerprint density at radius 3 is 2.44 bits per heavy atom. The molecule has 0 saturated heterocycles. The molecule has 0 saturated carbocycles. The molecule has 1 aromatic heterocycles. The van der Waals surface area contributed by atoms with Crippen molar-refractivity contribution < 1.29 is 18.3 Å². The number of alkyl halides is 3. The Kier molecular flexibility index (Phi) is 4.83. The number of aromatic nitrogens is 1. The molecule has 0 fully saturated rings. The van der Waals surface area contributed by atoms with E-state index < -0.39 is 23.9 Å². The second-order valence-corrected chi connectivity index (χ2v) is 5.94. The van der Waals surface area contributed by atoms with Gasteiger partial charge in [-0.3, -0.25) is 0 Å². The van der Waals surface area contributed by atoms with Crippen molar-refractivity contribution in [3.8, 4) is 0 Å². The van der Waals surface area contributed by atoms with Crippen LogP contribution in [-0.2, 0) is 6.18 Å². The first-order valence-electron chi connectivity index (χ1n) is 7.98. The summed E-state index contributed by atoms with van der Waals surface area (Å²) in [5.74, 6) is 0. The number of para-hydroxylation sites is 1.